The maximum atomic E-state index is 12.0. The third-order valence-electron chi connectivity index (χ3n) is 3.58. The molecule has 2 rings (SSSR count). The van der Waals surface area contributed by atoms with E-state index in [-0.39, 0.29) is 18.4 Å². The van der Waals surface area contributed by atoms with Gasteiger partial charge in [0, 0.05) is 18.7 Å². The van der Waals surface area contributed by atoms with Crippen molar-refractivity contribution >= 4 is 18.2 Å². The molecule has 6 heteroatoms. The number of hydrogen-bond donors (Lipinski definition) is 1. The van der Waals surface area contributed by atoms with Gasteiger partial charge in [-0.15, -0.1) is 0 Å². The molecule has 1 aromatic carbocycles. The Morgan fingerprint density at radius 1 is 1.24 bits per heavy atom. The number of piperidine rings is 1. The van der Waals surface area contributed by atoms with Gasteiger partial charge >= 0.3 is 5.97 Å². The number of benzene rings is 1. The lowest BCUT2D eigenvalue weighted by molar-refractivity contribution is -0.146. The zero-order valence-corrected chi connectivity index (χ0v) is 11.5. The zero-order chi connectivity index (χ0) is 15.2. The Balaban J connectivity index is 1.79. The Kier molecular flexibility index (Phi) is 4.92. The van der Waals surface area contributed by atoms with Crippen LogP contribution in [-0.4, -0.2) is 47.9 Å². The number of amides is 1. The molecule has 0 radical (unpaired) electrons. The molecule has 1 aromatic rings. The predicted octanol–water partition coefficient (Wildman–Crippen LogP) is 1.20. The summed E-state index contributed by atoms with van der Waals surface area (Å²) in [7, 11) is 0. The number of aldehydes is 1. The summed E-state index contributed by atoms with van der Waals surface area (Å²) in [5.74, 6) is -0.785. The van der Waals surface area contributed by atoms with E-state index in [2.05, 4.69) is 0 Å². The molecule has 0 atom stereocenters. The normalized spacial score (nSPS) is 15.5. The lowest BCUT2D eigenvalue weighted by Crippen LogP contribution is -2.42. The highest BCUT2D eigenvalue weighted by molar-refractivity contribution is 5.78. The SMILES string of the molecule is O=Cc1ccc(OCC(=O)N2CCC(C(=O)O)CC2)cc1. The van der Waals surface area contributed by atoms with E-state index < -0.39 is 5.97 Å². The number of nitrogens with zero attached hydrogens (tertiary/aromatic N) is 1. The number of carbonyl (C=O) groups excluding carboxylic acids is 2. The molecule has 1 fully saturated rings. The van der Waals surface area contributed by atoms with Crippen LogP contribution < -0.4 is 4.74 Å². The number of aliphatic carboxylic acids is 1. The quantitative estimate of drug-likeness (QED) is 0.824. The summed E-state index contributed by atoms with van der Waals surface area (Å²) < 4.78 is 5.37. The van der Waals surface area contributed by atoms with Gasteiger partial charge in [-0.05, 0) is 37.1 Å². The fourth-order valence-electron chi connectivity index (χ4n) is 2.25. The molecule has 0 saturated carbocycles. The van der Waals surface area contributed by atoms with Crippen molar-refractivity contribution in [1.29, 1.82) is 0 Å². The number of hydrogen-bond acceptors (Lipinski definition) is 4. The highest BCUT2D eigenvalue weighted by Gasteiger charge is 2.26. The van der Waals surface area contributed by atoms with E-state index in [9.17, 15) is 14.4 Å². The summed E-state index contributed by atoms with van der Waals surface area (Å²) >= 11 is 0. The van der Waals surface area contributed by atoms with E-state index in [1.165, 1.54) is 0 Å². The monoisotopic (exact) mass is 291 g/mol. The van der Waals surface area contributed by atoms with Crippen LogP contribution in [0.25, 0.3) is 0 Å². The minimum atomic E-state index is -0.798. The smallest absolute Gasteiger partial charge is 0.306 e. The topological polar surface area (TPSA) is 83.9 Å². The van der Waals surface area contributed by atoms with Gasteiger partial charge in [-0.3, -0.25) is 14.4 Å². The van der Waals surface area contributed by atoms with Crippen LogP contribution in [0, 0.1) is 5.92 Å². The van der Waals surface area contributed by atoms with Gasteiger partial charge in [0.05, 0.1) is 5.92 Å². The summed E-state index contributed by atoms with van der Waals surface area (Å²) in [6.07, 6.45) is 1.70. The van der Waals surface area contributed by atoms with E-state index in [1.807, 2.05) is 0 Å². The molecule has 112 valence electrons. The van der Waals surface area contributed by atoms with Gasteiger partial charge in [0.25, 0.3) is 5.91 Å². The Morgan fingerprint density at radius 2 is 1.86 bits per heavy atom. The van der Waals surface area contributed by atoms with Crippen molar-refractivity contribution in [2.24, 2.45) is 5.92 Å². The standard InChI is InChI=1S/C15H17NO5/c17-9-11-1-3-13(4-2-11)21-10-14(18)16-7-5-12(6-8-16)15(19)20/h1-4,9,12H,5-8,10H2,(H,19,20). The van der Waals surface area contributed by atoms with E-state index in [0.29, 0.717) is 37.2 Å². The average molecular weight is 291 g/mol. The van der Waals surface area contributed by atoms with Gasteiger partial charge in [0.2, 0.25) is 0 Å². The van der Waals surface area contributed by atoms with Crippen molar-refractivity contribution < 1.29 is 24.2 Å². The second-order valence-corrected chi connectivity index (χ2v) is 4.97. The number of ether oxygens (including phenoxy) is 1. The van der Waals surface area contributed by atoms with Gasteiger partial charge in [-0.25, -0.2) is 0 Å². The van der Waals surface area contributed by atoms with Gasteiger partial charge in [0.15, 0.2) is 6.61 Å². The van der Waals surface area contributed by atoms with Gasteiger partial charge in [0.1, 0.15) is 12.0 Å². The zero-order valence-electron chi connectivity index (χ0n) is 11.5. The molecular formula is C15H17NO5. The average Bonchev–Trinajstić information content (AvgIpc) is 2.53. The number of carboxylic acid groups (broad SMARTS) is 1. The number of rotatable bonds is 5. The second-order valence-electron chi connectivity index (χ2n) is 4.97. The Morgan fingerprint density at radius 3 is 2.38 bits per heavy atom. The first-order valence-corrected chi connectivity index (χ1v) is 6.79. The van der Waals surface area contributed by atoms with Crippen molar-refractivity contribution in [3.05, 3.63) is 29.8 Å². The van der Waals surface area contributed by atoms with Crippen molar-refractivity contribution in [2.45, 2.75) is 12.8 Å². The summed E-state index contributed by atoms with van der Waals surface area (Å²) in [5, 5.41) is 8.90. The predicted molar refractivity (Wildman–Crippen MR) is 74.3 cm³/mol. The van der Waals surface area contributed by atoms with E-state index in [4.69, 9.17) is 9.84 Å². The highest BCUT2D eigenvalue weighted by Crippen LogP contribution is 2.18. The lowest BCUT2D eigenvalue weighted by atomic mass is 9.97. The van der Waals surface area contributed by atoms with E-state index in [1.54, 1.807) is 29.2 Å². The highest BCUT2D eigenvalue weighted by atomic mass is 16.5. The maximum absolute atomic E-state index is 12.0. The Labute approximate surface area is 122 Å². The number of carbonyl (C=O) groups is 3. The van der Waals surface area contributed by atoms with Crippen molar-refractivity contribution in [3.63, 3.8) is 0 Å². The van der Waals surface area contributed by atoms with Crippen LogP contribution in [0.15, 0.2) is 24.3 Å². The summed E-state index contributed by atoms with van der Waals surface area (Å²) in [6.45, 7) is 0.810. The fraction of sp³-hybridized carbons (Fsp3) is 0.400. The molecular weight excluding hydrogens is 274 g/mol. The van der Waals surface area contributed by atoms with Crippen LogP contribution in [0.5, 0.6) is 5.75 Å². The first kappa shape index (κ1) is 15.0. The Hall–Kier alpha value is -2.37. The molecule has 0 spiro atoms. The molecule has 1 aliphatic heterocycles. The van der Waals surface area contributed by atoms with E-state index >= 15 is 0 Å². The van der Waals surface area contributed by atoms with Crippen LogP contribution in [0.4, 0.5) is 0 Å². The molecule has 1 aliphatic rings. The molecule has 21 heavy (non-hydrogen) atoms. The third-order valence-corrected chi connectivity index (χ3v) is 3.58. The molecule has 1 heterocycles. The third kappa shape index (κ3) is 4.05. The molecule has 0 aliphatic carbocycles. The molecule has 0 bridgehead atoms. The van der Waals surface area contributed by atoms with Gasteiger partial charge in [-0.2, -0.15) is 0 Å². The van der Waals surface area contributed by atoms with Crippen LogP contribution in [0.1, 0.15) is 23.2 Å². The molecule has 1 amide bonds. The summed E-state index contributed by atoms with van der Waals surface area (Å²) in [6, 6.07) is 6.50. The number of likely N-dealkylation sites (tertiary alicyclic amines) is 1. The number of carboxylic acids is 1. The van der Waals surface area contributed by atoms with Crippen molar-refractivity contribution in [1.82, 2.24) is 4.90 Å². The lowest BCUT2D eigenvalue weighted by Gasteiger charge is -2.30. The summed E-state index contributed by atoms with van der Waals surface area (Å²) in [4.78, 5) is 35.0. The van der Waals surface area contributed by atoms with Gasteiger partial charge < -0.3 is 14.7 Å². The van der Waals surface area contributed by atoms with Gasteiger partial charge in [-0.1, -0.05) is 0 Å². The minimum Gasteiger partial charge on any atom is -0.484 e. The molecule has 1 saturated heterocycles. The van der Waals surface area contributed by atoms with Crippen molar-refractivity contribution in [2.75, 3.05) is 19.7 Å². The van der Waals surface area contributed by atoms with E-state index in [0.717, 1.165) is 6.29 Å². The summed E-state index contributed by atoms with van der Waals surface area (Å²) in [5.41, 5.74) is 0.546. The van der Waals surface area contributed by atoms with Crippen molar-refractivity contribution in [3.8, 4) is 5.75 Å². The maximum Gasteiger partial charge on any atom is 0.306 e. The molecule has 1 N–H and O–H groups in total. The second kappa shape index (κ2) is 6.88. The fourth-order valence-corrected chi connectivity index (χ4v) is 2.25. The Bertz CT molecular complexity index is 517. The van der Waals surface area contributed by atoms with Crippen LogP contribution in [0.3, 0.4) is 0 Å². The first-order chi connectivity index (χ1) is 10.1. The largest absolute Gasteiger partial charge is 0.484 e. The van der Waals surface area contributed by atoms with Crippen LogP contribution in [-0.2, 0) is 9.59 Å². The first-order valence-electron chi connectivity index (χ1n) is 6.79. The minimum absolute atomic E-state index is 0.0851. The molecule has 6 nitrogen and oxygen atoms in total. The van der Waals surface area contributed by atoms with Crippen LogP contribution >= 0.6 is 0 Å². The van der Waals surface area contributed by atoms with Crippen LogP contribution in [0.2, 0.25) is 0 Å². The molecule has 0 unspecified atom stereocenters. The molecule has 0 aromatic heterocycles.